The minimum Gasteiger partial charge on any atom is -0.345 e. The molecule has 2 aromatic heterocycles. The lowest BCUT2D eigenvalue weighted by atomic mass is 10.2. The number of pyridine rings is 1. The van der Waals surface area contributed by atoms with Crippen LogP contribution < -0.4 is 5.32 Å². The summed E-state index contributed by atoms with van der Waals surface area (Å²) < 4.78 is 1.81. The molecule has 1 amide bonds. The largest absolute Gasteiger partial charge is 0.345 e. The second kappa shape index (κ2) is 5.71. The summed E-state index contributed by atoms with van der Waals surface area (Å²) in [6.45, 7) is 0.243. The third-order valence-electron chi connectivity index (χ3n) is 2.96. The summed E-state index contributed by atoms with van der Waals surface area (Å²) in [4.78, 5) is 12.1. The number of halogens is 2. The van der Waals surface area contributed by atoms with Crippen molar-refractivity contribution in [1.82, 2.24) is 19.9 Å². The molecule has 2 heterocycles. The first-order valence-corrected chi connectivity index (χ1v) is 6.92. The molecule has 0 aliphatic heterocycles. The van der Waals surface area contributed by atoms with Gasteiger partial charge in [0.1, 0.15) is 0 Å². The van der Waals surface area contributed by atoms with Crippen LogP contribution in [0.15, 0.2) is 42.6 Å². The number of fused-ring (bicyclic) bond motifs is 1. The molecule has 1 aromatic carbocycles. The van der Waals surface area contributed by atoms with Gasteiger partial charge < -0.3 is 5.32 Å². The molecule has 1 N–H and O–H groups in total. The topological polar surface area (TPSA) is 59.3 Å². The van der Waals surface area contributed by atoms with Gasteiger partial charge in [0.05, 0.1) is 17.1 Å². The van der Waals surface area contributed by atoms with Crippen LogP contribution in [0.4, 0.5) is 0 Å². The number of amides is 1. The number of hydrogen-bond donors (Lipinski definition) is 1. The van der Waals surface area contributed by atoms with Gasteiger partial charge in [0.15, 0.2) is 11.5 Å². The maximum absolute atomic E-state index is 12.1. The van der Waals surface area contributed by atoms with Crippen LogP contribution in [0.5, 0.6) is 0 Å². The molecule has 106 valence electrons. The molecule has 3 aromatic rings. The second-order valence-corrected chi connectivity index (χ2v) is 5.20. The summed E-state index contributed by atoms with van der Waals surface area (Å²) in [5.41, 5.74) is 1.06. The van der Waals surface area contributed by atoms with E-state index in [9.17, 15) is 4.79 Å². The van der Waals surface area contributed by atoms with Crippen LogP contribution in [0.25, 0.3) is 5.65 Å². The van der Waals surface area contributed by atoms with Crippen LogP contribution >= 0.6 is 23.2 Å². The fraction of sp³-hybridized carbons (Fsp3) is 0.0714. The van der Waals surface area contributed by atoms with Gasteiger partial charge in [-0.2, -0.15) is 0 Å². The lowest BCUT2D eigenvalue weighted by molar-refractivity contribution is 0.0950. The van der Waals surface area contributed by atoms with Crippen molar-refractivity contribution in [1.29, 1.82) is 0 Å². The minimum atomic E-state index is -0.310. The van der Waals surface area contributed by atoms with Gasteiger partial charge >= 0.3 is 0 Å². The van der Waals surface area contributed by atoms with Crippen LogP contribution in [0.2, 0.25) is 10.0 Å². The third kappa shape index (κ3) is 2.84. The van der Waals surface area contributed by atoms with Crippen molar-refractivity contribution in [3.05, 3.63) is 64.0 Å². The standard InChI is InChI=1S/C14H10Cl2N4O/c15-9-4-5-11(16)10(7-9)14(21)17-8-13-19-18-12-3-1-2-6-20(12)13/h1-7H,8H2,(H,17,21). The Morgan fingerprint density at radius 1 is 1.19 bits per heavy atom. The first-order valence-electron chi connectivity index (χ1n) is 6.17. The molecule has 0 unspecified atom stereocenters. The van der Waals surface area contributed by atoms with E-state index in [0.717, 1.165) is 5.65 Å². The Bertz CT molecular complexity index is 816. The molecule has 0 aliphatic rings. The summed E-state index contributed by atoms with van der Waals surface area (Å²) in [6, 6.07) is 10.3. The van der Waals surface area contributed by atoms with Gasteiger partial charge in [-0.15, -0.1) is 10.2 Å². The van der Waals surface area contributed by atoms with Gasteiger partial charge in [-0.25, -0.2) is 0 Å². The number of benzene rings is 1. The predicted molar refractivity (Wildman–Crippen MR) is 80.6 cm³/mol. The molecule has 0 spiro atoms. The average Bonchev–Trinajstić information content (AvgIpc) is 2.90. The van der Waals surface area contributed by atoms with Gasteiger partial charge in [0.2, 0.25) is 0 Å². The fourth-order valence-corrected chi connectivity index (χ4v) is 2.31. The van der Waals surface area contributed by atoms with E-state index in [1.54, 1.807) is 16.5 Å². The number of carbonyl (C=O) groups excluding carboxylic acids is 1. The summed E-state index contributed by atoms with van der Waals surface area (Å²) in [5, 5.41) is 11.6. The zero-order chi connectivity index (χ0) is 14.8. The molecule has 3 rings (SSSR count). The molecule has 21 heavy (non-hydrogen) atoms. The molecule has 0 bridgehead atoms. The van der Waals surface area contributed by atoms with Crippen LogP contribution in [0, 0.1) is 0 Å². The lowest BCUT2D eigenvalue weighted by Crippen LogP contribution is -2.24. The SMILES string of the molecule is O=C(NCc1nnc2ccccn12)c1cc(Cl)ccc1Cl. The van der Waals surface area contributed by atoms with Crippen molar-refractivity contribution >= 4 is 34.8 Å². The summed E-state index contributed by atoms with van der Waals surface area (Å²) in [5.74, 6) is 0.326. The van der Waals surface area contributed by atoms with Crippen LogP contribution in [-0.4, -0.2) is 20.5 Å². The number of nitrogens with zero attached hydrogens (tertiary/aromatic N) is 3. The Kier molecular flexibility index (Phi) is 3.77. The van der Waals surface area contributed by atoms with E-state index in [2.05, 4.69) is 15.5 Å². The highest BCUT2D eigenvalue weighted by Crippen LogP contribution is 2.20. The number of rotatable bonds is 3. The molecule has 0 fully saturated rings. The Balaban J connectivity index is 1.78. The van der Waals surface area contributed by atoms with Crippen LogP contribution in [-0.2, 0) is 6.54 Å². The molecule has 0 radical (unpaired) electrons. The minimum absolute atomic E-state index is 0.243. The van der Waals surface area contributed by atoms with Crippen molar-refractivity contribution in [2.24, 2.45) is 0 Å². The first-order chi connectivity index (χ1) is 10.1. The first kappa shape index (κ1) is 13.9. The molecular weight excluding hydrogens is 311 g/mol. The van der Waals surface area contributed by atoms with E-state index in [4.69, 9.17) is 23.2 Å². The van der Waals surface area contributed by atoms with E-state index in [1.807, 2.05) is 24.4 Å². The van der Waals surface area contributed by atoms with E-state index >= 15 is 0 Å². The number of nitrogens with one attached hydrogen (secondary N) is 1. The molecule has 0 saturated heterocycles. The maximum Gasteiger partial charge on any atom is 0.253 e. The Morgan fingerprint density at radius 2 is 2.05 bits per heavy atom. The molecule has 7 heteroatoms. The molecule has 5 nitrogen and oxygen atoms in total. The van der Waals surface area contributed by atoms with Gasteiger partial charge in [0, 0.05) is 11.2 Å². The second-order valence-electron chi connectivity index (χ2n) is 4.35. The zero-order valence-electron chi connectivity index (χ0n) is 10.8. The van der Waals surface area contributed by atoms with E-state index in [1.165, 1.54) is 6.07 Å². The normalized spacial score (nSPS) is 10.8. The van der Waals surface area contributed by atoms with Crippen molar-refractivity contribution in [2.45, 2.75) is 6.54 Å². The number of aromatic nitrogens is 3. The smallest absolute Gasteiger partial charge is 0.253 e. The summed E-state index contributed by atoms with van der Waals surface area (Å²) >= 11 is 11.9. The van der Waals surface area contributed by atoms with Crippen molar-refractivity contribution in [2.75, 3.05) is 0 Å². The molecular formula is C14H10Cl2N4O. The average molecular weight is 321 g/mol. The van der Waals surface area contributed by atoms with Gasteiger partial charge in [0.25, 0.3) is 5.91 Å². The van der Waals surface area contributed by atoms with Crippen molar-refractivity contribution < 1.29 is 4.79 Å². The Hall–Kier alpha value is -2.11. The number of carbonyl (C=O) groups is 1. The summed E-state index contributed by atoms with van der Waals surface area (Å²) in [7, 11) is 0. The van der Waals surface area contributed by atoms with Crippen molar-refractivity contribution in [3.63, 3.8) is 0 Å². The Labute approximate surface area is 130 Å². The molecule has 0 atom stereocenters. The van der Waals surface area contributed by atoms with E-state index in [-0.39, 0.29) is 12.5 Å². The predicted octanol–water partition coefficient (Wildman–Crippen LogP) is 2.97. The van der Waals surface area contributed by atoms with E-state index in [0.29, 0.717) is 21.4 Å². The van der Waals surface area contributed by atoms with Crippen LogP contribution in [0.1, 0.15) is 16.2 Å². The van der Waals surface area contributed by atoms with E-state index < -0.39 is 0 Å². The zero-order valence-corrected chi connectivity index (χ0v) is 12.3. The van der Waals surface area contributed by atoms with Gasteiger partial charge in [-0.3, -0.25) is 9.20 Å². The van der Waals surface area contributed by atoms with Gasteiger partial charge in [-0.05, 0) is 30.3 Å². The lowest BCUT2D eigenvalue weighted by Gasteiger charge is -2.06. The quantitative estimate of drug-likeness (QED) is 0.807. The molecule has 0 aliphatic carbocycles. The highest BCUT2D eigenvalue weighted by Gasteiger charge is 2.12. The van der Waals surface area contributed by atoms with Crippen molar-refractivity contribution in [3.8, 4) is 0 Å². The summed E-state index contributed by atoms with van der Waals surface area (Å²) in [6.07, 6.45) is 1.84. The highest BCUT2D eigenvalue weighted by molar-refractivity contribution is 6.35. The third-order valence-corrected chi connectivity index (χ3v) is 3.53. The fourth-order valence-electron chi connectivity index (χ4n) is 1.94. The highest BCUT2D eigenvalue weighted by atomic mass is 35.5. The molecule has 0 saturated carbocycles. The Morgan fingerprint density at radius 3 is 2.90 bits per heavy atom. The number of hydrogen-bond acceptors (Lipinski definition) is 3. The monoisotopic (exact) mass is 320 g/mol. The van der Waals surface area contributed by atoms with Gasteiger partial charge in [-0.1, -0.05) is 29.3 Å². The maximum atomic E-state index is 12.1. The van der Waals surface area contributed by atoms with Crippen LogP contribution in [0.3, 0.4) is 0 Å².